The monoisotopic (exact) mass is 159 g/mol. The Morgan fingerprint density at radius 2 is 2.27 bits per heavy atom. The van der Waals surface area contributed by atoms with Gasteiger partial charge in [-0.3, -0.25) is 4.79 Å². The second-order valence-corrected chi connectivity index (χ2v) is 1.90. The first-order valence-electron chi connectivity index (χ1n) is 3.08. The van der Waals surface area contributed by atoms with Crippen LogP contribution in [0, 0.1) is 0 Å². The highest BCUT2D eigenvalue weighted by molar-refractivity contribution is 5.81. The fourth-order valence-corrected chi connectivity index (χ4v) is 0.498. The molecule has 6 heteroatoms. The molecule has 0 aromatic rings. The molecule has 0 unspecified atom stereocenters. The summed E-state index contributed by atoms with van der Waals surface area (Å²) in [5.41, 5.74) is 7.82. The molecule has 0 amide bonds. The molecule has 0 radical (unpaired) electrons. The lowest BCUT2D eigenvalue weighted by Crippen LogP contribution is -2.18. The van der Waals surface area contributed by atoms with Crippen molar-refractivity contribution in [2.75, 3.05) is 6.54 Å². The number of carbonyl (C=O) groups excluding carboxylic acids is 1. The molecule has 2 N–H and O–H groups in total. The van der Waals surface area contributed by atoms with E-state index >= 15 is 0 Å². The van der Waals surface area contributed by atoms with Crippen LogP contribution in [-0.4, -0.2) is 28.8 Å². The molecule has 62 valence electrons. The van der Waals surface area contributed by atoms with E-state index in [2.05, 4.69) is 10.0 Å². The van der Waals surface area contributed by atoms with Gasteiger partial charge in [0.2, 0.25) is 6.29 Å². The van der Waals surface area contributed by atoms with Gasteiger partial charge in [-0.15, -0.1) is 0 Å². The maximum absolute atomic E-state index is 10.5. The second-order valence-electron chi connectivity index (χ2n) is 1.90. The molecule has 0 aliphatic rings. The van der Waals surface area contributed by atoms with Crippen LogP contribution < -0.4 is 0 Å². The van der Waals surface area contributed by atoms with E-state index in [9.17, 15) is 4.79 Å². The van der Waals surface area contributed by atoms with Crippen LogP contribution in [-0.2, 0) is 4.79 Å². The Morgan fingerprint density at radius 1 is 1.64 bits per heavy atom. The lowest BCUT2D eigenvalue weighted by atomic mass is 10.2. The van der Waals surface area contributed by atoms with Crippen molar-refractivity contribution < 1.29 is 15.0 Å². The van der Waals surface area contributed by atoms with Gasteiger partial charge in [0.25, 0.3) is 0 Å². The average Bonchev–Trinajstić information content (AvgIpc) is 1.97. The van der Waals surface area contributed by atoms with E-state index in [1.165, 1.54) is 0 Å². The Kier molecular flexibility index (Phi) is 5.10. The van der Waals surface area contributed by atoms with Crippen molar-refractivity contribution in [2.24, 2.45) is 5.11 Å². The molecule has 6 nitrogen and oxygen atoms in total. The Hall–Kier alpha value is -1.10. The number of aliphatic hydroxyl groups excluding tert-OH is 1. The summed E-state index contributed by atoms with van der Waals surface area (Å²) in [6.45, 7) is 0.203. The van der Waals surface area contributed by atoms with Crippen molar-refractivity contribution in [3.05, 3.63) is 10.4 Å². The zero-order chi connectivity index (χ0) is 8.69. The molecule has 11 heavy (non-hydrogen) atoms. The summed E-state index contributed by atoms with van der Waals surface area (Å²) in [6, 6.07) is 0. The highest BCUT2D eigenvalue weighted by atomic mass is 16.5. The van der Waals surface area contributed by atoms with Gasteiger partial charge in [0.05, 0.1) is 0 Å². The van der Waals surface area contributed by atoms with Crippen molar-refractivity contribution in [3.8, 4) is 0 Å². The molecule has 0 saturated heterocycles. The zero-order valence-corrected chi connectivity index (χ0v) is 5.84. The van der Waals surface area contributed by atoms with Crippen molar-refractivity contribution in [2.45, 2.75) is 19.1 Å². The standard InChI is InChI=1S/C5H9N3O3/c6-8-7-3-1-2-4(9)5(10)11/h5,10-11H,1-3H2. The number of carbonyl (C=O) groups is 1. The molecule has 0 spiro atoms. The van der Waals surface area contributed by atoms with Gasteiger partial charge in [-0.25, -0.2) is 0 Å². The van der Waals surface area contributed by atoms with Crippen molar-refractivity contribution in [3.63, 3.8) is 0 Å². The molecule has 0 atom stereocenters. The van der Waals surface area contributed by atoms with Gasteiger partial charge in [0.15, 0.2) is 5.78 Å². The van der Waals surface area contributed by atoms with E-state index in [1.807, 2.05) is 0 Å². The van der Waals surface area contributed by atoms with Gasteiger partial charge >= 0.3 is 0 Å². The predicted molar refractivity (Wildman–Crippen MR) is 36.5 cm³/mol. The van der Waals surface area contributed by atoms with Crippen LogP contribution in [0.4, 0.5) is 0 Å². The summed E-state index contributed by atoms with van der Waals surface area (Å²) < 4.78 is 0. The number of hydrogen-bond donors (Lipinski definition) is 2. The van der Waals surface area contributed by atoms with Crippen LogP contribution >= 0.6 is 0 Å². The first-order chi connectivity index (χ1) is 5.18. The Bertz CT molecular complexity index is 174. The SMILES string of the molecule is [N-]=[N+]=NCCCC(=O)C(O)O. The van der Waals surface area contributed by atoms with E-state index in [4.69, 9.17) is 15.7 Å². The van der Waals surface area contributed by atoms with Crippen LogP contribution in [0.15, 0.2) is 5.11 Å². The molecular weight excluding hydrogens is 150 g/mol. The van der Waals surface area contributed by atoms with Crippen LogP contribution in [0.1, 0.15) is 12.8 Å². The van der Waals surface area contributed by atoms with Crippen LogP contribution in [0.3, 0.4) is 0 Å². The fraction of sp³-hybridized carbons (Fsp3) is 0.800. The zero-order valence-electron chi connectivity index (χ0n) is 5.84. The maximum Gasteiger partial charge on any atom is 0.212 e. The van der Waals surface area contributed by atoms with E-state index in [-0.39, 0.29) is 13.0 Å². The number of ketones is 1. The van der Waals surface area contributed by atoms with Crippen molar-refractivity contribution in [1.82, 2.24) is 0 Å². The van der Waals surface area contributed by atoms with E-state index in [0.29, 0.717) is 6.42 Å². The topological polar surface area (TPSA) is 106 Å². The number of aliphatic hydroxyl groups is 2. The summed E-state index contributed by atoms with van der Waals surface area (Å²) in [6.07, 6.45) is -1.53. The summed E-state index contributed by atoms with van der Waals surface area (Å²) in [4.78, 5) is 12.9. The Labute approximate surface area is 63.1 Å². The minimum Gasteiger partial charge on any atom is -0.362 e. The third kappa shape index (κ3) is 5.35. The summed E-state index contributed by atoms with van der Waals surface area (Å²) in [5, 5.41) is 19.7. The second kappa shape index (κ2) is 5.67. The molecule has 0 aromatic carbocycles. The minimum absolute atomic E-state index is 0.0245. The van der Waals surface area contributed by atoms with Crippen LogP contribution in [0.25, 0.3) is 10.4 Å². The number of Topliss-reactive ketones (excluding diaryl/α,β-unsaturated/α-hetero) is 1. The van der Waals surface area contributed by atoms with Crippen LogP contribution in [0.2, 0.25) is 0 Å². The molecule has 0 aliphatic carbocycles. The van der Waals surface area contributed by atoms with Crippen molar-refractivity contribution >= 4 is 5.78 Å². The minimum atomic E-state index is -1.90. The van der Waals surface area contributed by atoms with Crippen molar-refractivity contribution in [1.29, 1.82) is 0 Å². The van der Waals surface area contributed by atoms with E-state index in [1.54, 1.807) is 0 Å². The van der Waals surface area contributed by atoms with Crippen LogP contribution in [0.5, 0.6) is 0 Å². The Morgan fingerprint density at radius 3 is 2.73 bits per heavy atom. The van der Waals surface area contributed by atoms with Gasteiger partial charge < -0.3 is 10.2 Å². The quantitative estimate of drug-likeness (QED) is 0.193. The average molecular weight is 159 g/mol. The number of rotatable bonds is 5. The maximum atomic E-state index is 10.5. The van der Waals surface area contributed by atoms with E-state index < -0.39 is 12.1 Å². The fourth-order valence-electron chi connectivity index (χ4n) is 0.498. The summed E-state index contributed by atoms with van der Waals surface area (Å²) >= 11 is 0. The number of hydrogen-bond acceptors (Lipinski definition) is 4. The van der Waals surface area contributed by atoms with Gasteiger partial charge in [-0.2, -0.15) is 0 Å². The number of nitrogens with zero attached hydrogens (tertiary/aromatic N) is 3. The highest BCUT2D eigenvalue weighted by Gasteiger charge is 2.08. The van der Waals surface area contributed by atoms with E-state index in [0.717, 1.165) is 0 Å². The molecule has 0 rings (SSSR count). The molecule has 0 aromatic heterocycles. The molecule has 0 fully saturated rings. The number of azide groups is 1. The van der Waals surface area contributed by atoms with Gasteiger partial charge in [0, 0.05) is 17.9 Å². The van der Waals surface area contributed by atoms with Gasteiger partial charge in [0.1, 0.15) is 0 Å². The first-order valence-corrected chi connectivity index (χ1v) is 3.08. The normalized spacial score (nSPS) is 9.36. The third-order valence-corrected chi connectivity index (χ3v) is 1.03. The highest BCUT2D eigenvalue weighted by Crippen LogP contribution is 1.94. The lowest BCUT2D eigenvalue weighted by molar-refractivity contribution is -0.144. The smallest absolute Gasteiger partial charge is 0.212 e. The summed E-state index contributed by atoms with van der Waals surface area (Å²) in [5.74, 6) is -0.655. The third-order valence-electron chi connectivity index (χ3n) is 1.03. The molecule has 0 bridgehead atoms. The molecular formula is C5H9N3O3. The Balaban J connectivity index is 3.39. The van der Waals surface area contributed by atoms with Gasteiger partial charge in [-0.05, 0) is 12.0 Å². The van der Waals surface area contributed by atoms with Gasteiger partial charge in [-0.1, -0.05) is 5.11 Å². The summed E-state index contributed by atoms with van der Waals surface area (Å²) in [7, 11) is 0. The first kappa shape index (κ1) is 9.90. The molecule has 0 aliphatic heterocycles. The lowest BCUT2D eigenvalue weighted by Gasteiger charge is -1.99. The molecule has 0 saturated carbocycles. The molecule has 0 heterocycles. The largest absolute Gasteiger partial charge is 0.362 e. The predicted octanol–water partition coefficient (Wildman–Crippen LogP) is -0.0433.